The van der Waals surface area contributed by atoms with Gasteiger partial charge in [-0.15, -0.1) is 8.58 Å². The summed E-state index contributed by atoms with van der Waals surface area (Å²) in [7, 11) is 1.01. The molecule has 0 radical (unpaired) electrons. The van der Waals surface area contributed by atoms with Gasteiger partial charge in [0, 0.05) is 17.9 Å². The summed E-state index contributed by atoms with van der Waals surface area (Å²) in [5.74, 6) is 1.52. The van der Waals surface area contributed by atoms with Crippen LogP contribution in [-0.2, 0) is 0 Å². The molecule has 0 saturated carbocycles. The second-order valence-electron chi connectivity index (χ2n) is 4.98. The smallest absolute Gasteiger partial charge is 0.0178 e. The monoisotopic (exact) mass is 229 g/mol. The zero-order valence-corrected chi connectivity index (χ0v) is 12.1. The third-order valence-corrected chi connectivity index (χ3v) is 4.90. The van der Waals surface area contributed by atoms with Gasteiger partial charge in [0.1, 0.15) is 0 Å². The van der Waals surface area contributed by atoms with Gasteiger partial charge in [-0.25, -0.2) is 0 Å². The maximum atomic E-state index is 4.19. The Kier molecular flexibility index (Phi) is 8.14. The lowest BCUT2D eigenvalue weighted by atomic mass is 10.1. The first-order valence-electron chi connectivity index (χ1n) is 6.15. The Balaban J connectivity index is 4.07. The standard InChI is InChI=1S/C13H28NP/c1-7-8-14-12(6)13(11(4)5)15-9-10(2)3/h10-11,13-15H,6-9H2,1-5H3. The van der Waals surface area contributed by atoms with Crippen molar-refractivity contribution in [1.29, 1.82) is 0 Å². The Labute approximate surface area is 97.9 Å². The summed E-state index contributed by atoms with van der Waals surface area (Å²) in [4.78, 5) is 0. The summed E-state index contributed by atoms with van der Waals surface area (Å²) in [5, 5.41) is 3.45. The lowest BCUT2D eigenvalue weighted by Crippen LogP contribution is -2.25. The summed E-state index contributed by atoms with van der Waals surface area (Å²) >= 11 is 0. The second kappa shape index (κ2) is 8.16. The summed E-state index contributed by atoms with van der Waals surface area (Å²) in [6.07, 6.45) is 2.51. The molecular weight excluding hydrogens is 201 g/mol. The predicted octanol–water partition coefficient (Wildman–Crippen LogP) is 3.86. The average Bonchev–Trinajstić information content (AvgIpc) is 2.13. The van der Waals surface area contributed by atoms with Gasteiger partial charge in [0.25, 0.3) is 0 Å². The highest BCUT2D eigenvalue weighted by Gasteiger charge is 2.16. The molecule has 2 atom stereocenters. The van der Waals surface area contributed by atoms with Crippen molar-refractivity contribution in [3.8, 4) is 0 Å². The first-order valence-corrected chi connectivity index (χ1v) is 7.43. The molecule has 0 aliphatic carbocycles. The van der Waals surface area contributed by atoms with Crippen molar-refractivity contribution < 1.29 is 0 Å². The molecule has 0 aromatic rings. The van der Waals surface area contributed by atoms with Crippen molar-refractivity contribution in [3.05, 3.63) is 12.3 Å². The molecule has 0 saturated heterocycles. The molecule has 1 N–H and O–H groups in total. The highest BCUT2D eigenvalue weighted by atomic mass is 31.1. The molecule has 0 spiro atoms. The van der Waals surface area contributed by atoms with E-state index in [9.17, 15) is 0 Å². The maximum Gasteiger partial charge on any atom is 0.0178 e. The van der Waals surface area contributed by atoms with Gasteiger partial charge in [-0.2, -0.15) is 0 Å². The van der Waals surface area contributed by atoms with Gasteiger partial charge in [0.2, 0.25) is 0 Å². The molecule has 0 aliphatic heterocycles. The van der Waals surface area contributed by atoms with Gasteiger partial charge < -0.3 is 5.32 Å². The van der Waals surface area contributed by atoms with E-state index in [1.165, 1.54) is 18.3 Å². The van der Waals surface area contributed by atoms with Crippen LogP contribution in [0.15, 0.2) is 12.3 Å². The van der Waals surface area contributed by atoms with E-state index in [0.29, 0.717) is 11.6 Å². The molecule has 2 unspecified atom stereocenters. The largest absolute Gasteiger partial charge is 0.388 e. The van der Waals surface area contributed by atoms with E-state index in [-0.39, 0.29) is 0 Å². The van der Waals surface area contributed by atoms with Crippen LogP contribution in [0.1, 0.15) is 41.0 Å². The van der Waals surface area contributed by atoms with Crippen molar-refractivity contribution in [3.63, 3.8) is 0 Å². The zero-order chi connectivity index (χ0) is 11.8. The molecule has 0 heterocycles. The number of rotatable bonds is 8. The van der Waals surface area contributed by atoms with E-state index < -0.39 is 0 Å². The Morgan fingerprint density at radius 2 is 1.87 bits per heavy atom. The first-order chi connectivity index (χ1) is 6.99. The van der Waals surface area contributed by atoms with Gasteiger partial charge in [-0.3, -0.25) is 0 Å². The Hall–Kier alpha value is -0.0300. The Bertz CT molecular complexity index is 175. The van der Waals surface area contributed by atoms with Crippen molar-refractivity contribution in [2.45, 2.75) is 46.7 Å². The van der Waals surface area contributed by atoms with Crippen LogP contribution in [0.3, 0.4) is 0 Å². The number of hydrogen-bond acceptors (Lipinski definition) is 1. The van der Waals surface area contributed by atoms with Crippen molar-refractivity contribution >= 4 is 8.58 Å². The second-order valence-corrected chi connectivity index (χ2v) is 6.41. The average molecular weight is 229 g/mol. The van der Waals surface area contributed by atoms with Crippen molar-refractivity contribution in [2.75, 3.05) is 12.7 Å². The molecule has 0 bridgehead atoms. The van der Waals surface area contributed by atoms with Gasteiger partial charge in [-0.05, 0) is 24.4 Å². The van der Waals surface area contributed by atoms with Crippen LogP contribution in [0, 0.1) is 11.8 Å². The summed E-state index contributed by atoms with van der Waals surface area (Å²) in [6, 6.07) is 0. The molecule has 90 valence electrons. The minimum absolute atomic E-state index is 0.666. The Morgan fingerprint density at radius 1 is 1.27 bits per heavy atom. The number of nitrogens with one attached hydrogen (secondary N) is 1. The van der Waals surface area contributed by atoms with Crippen LogP contribution in [0.25, 0.3) is 0 Å². The SMILES string of the molecule is C=C(NCCC)C(PCC(C)C)C(C)C. The van der Waals surface area contributed by atoms with Crippen LogP contribution in [-0.4, -0.2) is 18.4 Å². The minimum atomic E-state index is 0.666. The van der Waals surface area contributed by atoms with Crippen molar-refractivity contribution in [1.82, 2.24) is 5.32 Å². The molecule has 0 aromatic heterocycles. The lowest BCUT2D eigenvalue weighted by molar-refractivity contribution is 0.607. The van der Waals surface area contributed by atoms with Gasteiger partial charge in [-0.1, -0.05) is 41.2 Å². The third-order valence-electron chi connectivity index (χ3n) is 2.39. The fourth-order valence-electron chi connectivity index (χ4n) is 1.52. The highest BCUT2D eigenvalue weighted by Crippen LogP contribution is 2.31. The third kappa shape index (κ3) is 6.95. The fraction of sp³-hybridized carbons (Fsp3) is 0.846. The first kappa shape index (κ1) is 15.0. The van der Waals surface area contributed by atoms with Crippen molar-refractivity contribution in [2.24, 2.45) is 11.8 Å². The lowest BCUT2D eigenvalue weighted by Gasteiger charge is -2.25. The van der Waals surface area contributed by atoms with Gasteiger partial charge in [0.05, 0.1) is 0 Å². The van der Waals surface area contributed by atoms with E-state index in [0.717, 1.165) is 21.0 Å². The zero-order valence-electron chi connectivity index (χ0n) is 11.1. The van der Waals surface area contributed by atoms with E-state index in [4.69, 9.17) is 0 Å². The number of hydrogen-bond donors (Lipinski definition) is 1. The molecular formula is C13H28NP. The van der Waals surface area contributed by atoms with Crippen LogP contribution < -0.4 is 5.32 Å². The molecule has 0 aromatic carbocycles. The summed E-state index contributed by atoms with van der Waals surface area (Å²) in [5.41, 5.74) is 1.92. The molecule has 15 heavy (non-hydrogen) atoms. The molecule has 0 aliphatic rings. The highest BCUT2D eigenvalue weighted by molar-refractivity contribution is 7.39. The van der Waals surface area contributed by atoms with E-state index in [1.807, 2.05) is 0 Å². The van der Waals surface area contributed by atoms with Gasteiger partial charge in [0.15, 0.2) is 0 Å². The molecule has 2 heteroatoms. The summed E-state index contributed by atoms with van der Waals surface area (Å²) < 4.78 is 0. The van der Waals surface area contributed by atoms with Gasteiger partial charge >= 0.3 is 0 Å². The van der Waals surface area contributed by atoms with E-state index in [1.54, 1.807) is 0 Å². The summed E-state index contributed by atoms with van der Waals surface area (Å²) in [6.45, 7) is 16.6. The van der Waals surface area contributed by atoms with Crippen LogP contribution in [0.4, 0.5) is 0 Å². The fourth-order valence-corrected chi connectivity index (χ4v) is 3.06. The van der Waals surface area contributed by atoms with Crippen LogP contribution >= 0.6 is 8.58 Å². The normalized spacial score (nSPS) is 14.1. The topological polar surface area (TPSA) is 12.0 Å². The van der Waals surface area contributed by atoms with E-state index in [2.05, 4.69) is 46.5 Å². The molecule has 0 amide bonds. The van der Waals surface area contributed by atoms with Crippen LogP contribution in [0.5, 0.6) is 0 Å². The maximum absolute atomic E-state index is 4.19. The molecule has 0 rings (SSSR count). The minimum Gasteiger partial charge on any atom is -0.388 e. The number of allylic oxidation sites excluding steroid dienone is 1. The molecule has 0 fully saturated rings. The van der Waals surface area contributed by atoms with E-state index >= 15 is 0 Å². The van der Waals surface area contributed by atoms with Crippen LogP contribution in [0.2, 0.25) is 0 Å². The Morgan fingerprint density at radius 3 is 2.27 bits per heavy atom. The quantitative estimate of drug-likeness (QED) is 0.623. The molecule has 1 nitrogen and oxygen atoms in total. The predicted molar refractivity (Wildman–Crippen MR) is 74.1 cm³/mol.